The van der Waals surface area contributed by atoms with Crippen LogP contribution in [0.5, 0.6) is 5.75 Å². The molecule has 0 aromatic heterocycles. The maximum Gasteiger partial charge on any atom is 0.119 e. The first kappa shape index (κ1) is 12.7. The zero-order valence-electron chi connectivity index (χ0n) is 11.8. The number of hydrogen-bond acceptors (Lipinski definition) is 3. The fourth-order valence-corrected chi connectivity index (χ4v) is 4.02. The number of aryl methyl sites for hydroxylation is 1. The second-order valence-electron chi connectivity index (χ2n) is 5.21. The quantitative estimate of drug-likeness (QED) is 0.749. The third-order valence-corrected chi connectivity index (χ3v) is 5.20. The second kappa shape index (κ2) is 5.08. The predicted molar refractivity (Wildman–Crippen MR) is 88.7 cm³/mol. The molecule has 3 heteroatoms. The highest BCUT2D eigenvalue weighted by Gasteiger charge is 2.22. The van der Waals surface area contributed by atoms with Crippen molar-refractivity contribution in [1.29, 1.82) is 0 Å². The van der Waals surface area contributed by atoms with Crippen molar-refractivity contribution in [3.8, 4) is 5.75 Å². The molecule has 2 aromatic carbocycles. The summed E-state index contributed by atoms with van der Waals surface area (Å²) < 4.78 is 5.35. The molecule has 0 bridgehead atoms. The summed E-state index contributed by atoms with van der Waals surface area (Å²) >= 11 is 1.83. The van der Waals surface area contributed by atoms with E-state index in [9.17, 15) is 0 Å². The molecule has 0 fully saturated rings. The maximum absolute atomic E-state index is 5.35. The van der Waals surface area contributed by atoms with Crippen LogP contribution < -0.4 is 4.74 Å². The van der Waals surface area contributed by atoms with Gasteiger partial charge in [-0.05, 0) is 59.9 Å². The molecule has 0 spiro atoms. The van der Waals surface area contributed by atoms with Crippen LogP contribution in [0.25, 0.3) is 4.91 Å². The van der Waals surface area contributed by atoms with E-state index in [2.05, 4.69) is 35.3 Å². The van der Waals surface area contributed by atoms with E-state index in [0.29, 0.717) is 0 Å². The number of fused-ring (bicyclic) bond motifs is 3. The van der Waals surface area contributed by atoms with Gasteiger partial charge in [-0.1, -0.05) is 23.9 Å². The van der Waals surface area contributed by atoms with Crippen molar-refractivity contribution in [2.24, 2.45) is 4.99 Å². The van der Waals surface area contributed by atoms with E-state index >= 15 is 0 Å². The van der Waals surface area contributed by atoms with Crippen molar-refractivity contribution in [2.45, 2.75) is 17.7 Å². The average Bonchev–Trinajstić information content (AvgIpc) is 2.73. The van der Waals surface area contributed by atoms with Crippen LogP contribution in [0.2, 0.25) is 0 Å². The van der Waals surface area contributed by atoms with Crippen LogP contribution in [0, 0.1) is 0 Å². The van der Waals surface area contributed by atoms with Crippen molar-refractivity contribution in [1.82, 2.24) is 0 Å². The van der Waals surface area contributed by atoms with Gasteiger partial charge in [0.2, 0.25) is 0 Å². The van der Waals surface area contributed by atoms with Gasteiger partial charge in [-0.15, -0.1) is 0 Å². The maximum atomic E-state index is 5.35. The molecule has 2 aromatic rings. The molecule has 1 aliphatic heterocycles. The fraction of sp³-hybridized carbons (Fsp3) is 0.167. The Hall–Kier alpha value is -2.00. The monoisotopic (exact) mass is 293 g/mol. The van der Waals surface area contributed by atoms with Gasteiger partial charge in [0.1, 0.15) is 5.75 Å². The zero-order chi connectivity index (χ0) is 14.2. The van der Waals surface area contributed by atoms with Gasteiger partial charge in [0.25, 0.3) is 0 Å². The van der Waals surface area contributed by atoms with Crippen molar-refractivity contribution in [3.63, 3.8) is 0 Å². The lowest BCUT2D eigenvalue weighted by Crippen LogP contribution is -2.04. The molecule has 0 saturated heterocycles. The number of para-hydroxylation sites is 1. The van der Waals surface area contributed by atoms with Crippen molar-refractivity contribution < 1.29 is 4.74 Å². The van der Waals surface area contributed by atoms with Gasteiger partial charge in [0.05, 0.1) is 12.8 Å². The zero-order valence-corrected chi connectivity index (χ0v) is 12.6. The molecule has 0 radical (unpaired) electrons. The van der Waals surface area contributed by atoms with Crippen LogP contribution in [0.3, 0.4) is 0 Å². The fourth-order valence-electron chi connectivity index (χ4n) is 2.83. The van der Waals surface area contributed by atoms with E-state index in [1.807, 2.05) is 30.1 Å². The number of hydrogen-bond donors (Lipinski definition) is 0. The van der Waals surface area contributed by atoms with Gasteiger partial charge in [-0.3, -0.25) is 4.99 Å². The highest BCUT2D eigenvalue weighted by molar-refractivity contribution is 8.08. The molecule has 21 heavy (non-hydrogen) atoms. The lowest BCUT2D eigenvalue weighted by molar-refractivity contribution is 0.414. The normalized spacial score (nSPS) is 15.9. The summed E-state index contributed by atoms with van der Waals surface area (Å²) in [6.07, 6.45) is 4.13. The van der Waals surface area contributed by atoms with E-state index in [0.717, 1.165) is 24.3 Å². The highest BCUT2D eigenvalue weighted by Crippen LogP contribution is 2.47. The smallest absolute Gasteiger partial charge is 0.119 e. The number of thioether (sulfide) groups is 1. The minimum atomic E-state index is 0.936. The Morgan fingerprint density at radius 3 is 2.90 bits per heavy atom. The molecule has 1 aliphatic carbocycles. The summed E-state index contributed by atoms with van der Waals surface area (Å²) in [4.78, 5) is 7.21. The lowest BCUT2D eigenvalue weighted by atomic mass is 9.92. The Labute approximate surface area is 128 Å². The molecule has 0 unspecified atom stereocenters. The van der Waals surface area contributed by atoms with Crippen molar-refractivity contribution in [2.75, 3.05) is 7.11 Å². The topological polar surface area (TPSA) is 21.6 Å². The number of rotatable bonds is 1. The second-order valence-corrected chi connectivity index (χ2v) is 6.26. The molecule has 0 atom stereocenters. The van der Waals surface area contributed by atoms with Crippen LogP contribution in [0.4, 0.5) is 5.69 Å². The molecule has 1 heterocycles. The predicted octanol–water partition coefficient (Wildman–Crippen LogP) is 4.86. The standard InChI is InChI=1S/C18H15NOS/c1-20-14-8-9-15-12(10-14)6-7-13-11-19-16-4-2-3-5-17(16)21-18(13)15/h2-5,8-11H,6-7H2,1H3. The Kier molecular flexibility index (Phi) is 3.08. The van der Waals surface area contributed by atoms with Gasteiger partial charge in [0.15, 0.2) is 0 Å². The third kappa shape index (κ3) is 2.18. The summed E-state index contributed by atoms with van der Waals surface area (Å²) in [5.41, 5.74) is 5.10. The molecule has 0 amide bonds. The molecular formula is C18H15NOS. The van der Waals surface area contributed by atoms with Gasteiger partial charge in [0, 0.05) is 16.0 Å². The SMILES string of the molecule is COc1ccc2c(c1)CCC1=C2Sc2ccccc2N=C1. The summed E-state index contributed by atoms with van der Waals surface area (Å²) in [6, 6.07) is 14.7. The first-order chi connectivity index (χ1) is 10.3. The van der Waals surface area contributed by atoms with Gasteiger partial charge >= 0.3 is 0 Å². The summed E-state index contributed by atoms with van der Waals surface area (Å²) in [5.74, 6) is 0.936. The Bertz CT molecular complexity index is 777. The molecule has 4 rings (SSSR count). The van der Waals surface area contributed by atoms with Crippen molar-refractivity contribution in [3.05, 3.63) is 59.2 Å². The minimum absolute atomic E-state index is 0.936. The largest absolute Gasteiger partial charge is 0.497 e. The molecule has 0 N–H and O–H groups in total. The molecule has 104 valence electrons. The van der Waals surface area contributed by atoms with E-state index < -0.39 is 0 Å². The van der Waals surface area contributed by atoms with Gasteiger partial charge in [-0.25, -0.2) is 0 Å². The number of nitrogens with zero attached hydrogens (tertiary/aromatic N) is 1. The number of benzene rings is 2. The van der Waals surface area contributed by atoms with Crippen LogP contribution in [-0.4, -0.2) is 13.3 Å². The Morgan fingerprint density at radius 1 is 1.10 bits per heavy atom. The molecule has 2 aliphatic rings. The first-order valence-corrected chi connectivity index (χ1v) is 7.88. The van der Waals surface area contributed by atoms with E-state index in [-0.39, 0.29) is 0 Å². The van der Waals surface area contributed by atoms with Crippen LogP contribution in [0.15, 0.2) is 57.9 Å². The first-order valence-electron chi connectivity index (χ1n) is 7.06. The van der Waals surface area contributed by atoms with E-state index in [1.54, 1.807) is 7.11 Å². The van der Waals surface area contributed by atoms with Gasteiger partial charge in [-0.2, -0.15) is 0 Å². The van der Waals surface area contributed by atoms with Crippen LogP contribution >= 0.6 is 11.8 Å². The van der Waals surface area contributed by atoms with Gasteiger partial charge < -0.3 is 4.74 Å². The van der Waals surface area contributed by atoms with E-state index in [4.69, 9.17) is 4.74 Å². The molecular weight excluding hydrogens is 278 g/mol. The van der Waals surface area contributed by atoms with E-state index in [1.165, 1.54) is 26.5 Å². The number of aliphatic imine (C=N–C) groups is 1. The lowest BCUT2D eigenvalue weighted by Gasteiger charge is -2.21. The summed E-state index contributed by atoms with van der Waals surface area (Å²) in [5, 5.41) is 0. The Balaban J connectivity index is 1.84. The molecule has 2 nitrogen and oxygen atoms in total. The van der Waals surface area contributed by atoms with Crippen molar-refractivity contribution >= 4 is 28.6 Å². The summed E-state index contributed by atoms with van der Waals surface area (Å²) in [7, 11) is 1.72. The Morgan fingerprint density at radius 2 is 2.00 bits per heavy atom. The number of ether oxygens (including phenoxy) is 1. The highest BCUT2D eigenvalue weighted by atomic mass is 32.2. The average molecular weight is 293 g/mol. The number of methoxy groups -OCH3 is 1. The van der Waals surface area contributed by atoms with Crippen LogP contribution in [-0.2, 0) is 6.42 Å². The third-order valence-electron chi connectivity index (χ3n) is 3.95. The van der Waals surface area contributed by atoms with Crippen LogP contribution in [0.1, 0.15) is 17.5 Å². The number of allylic oxidation sites excluding steroid dienone is 1. The minimum Gasteiger partial charge on any atom is -0.497 e. The summed E-state index contributed by atoms with van der Waals surface area (Å²) in [6.45, 7) is 0. The molecule has 0 saturated carbocycles.